The first-order valence-corrected chi connectivity index (χ1v) is 5.58. The van der Waals surface area contributed by atoms with E-state index >= 15 is 0 Å². The van der Waals surface area contributed by atoms with Crippen LogP contribution in [-0.4, -0.2) is 18.0 Å². The van der Waals surface area contributed by atoms with Crippen molar-refractivity contribution >= 4 is 10.9 Å². The van der Waals surface area contributed by atoms with E-state index in [2.05, 4.69) is 10.3 Å². The number of pyridine rings is 1. The lowest BCUT2D eigenvalue weighted by Crippen LogP contribution is -2.27. The first-order valence-electron chi connectivity index (χ1n) is 5.58. The summed E-state index contributed by atoms with van der Waals surface area (Å²) in [5, 5.41) is 3.66. The fourth-order valence-corrected chi connectivity index (χ4v) is 1.83. The summed E-state index contributed by atoms with van der Waals surface area (Å²) in [7, 11) is 0. The number of para-hydroxylation sites is 1. The van der Waals surface area contributed by atoms with Crippen LogP contribution < -0.4 is 5.32 Å². The van der Waals surface area contributed by atoms with Crippen LogP contribution in [0.5, 0.6) is 0 Å². The van der Waals surface area contributed by atoms with E-state index in [4.69, 9.17) is 0 Å². The maximum absolute atomic E-state index is 12.9. The average molecular weight is 236 g/mol. The van der Waals surface area contributed by atoms with Crippen molar-refractivity contribution in [3.63, 3.8) is 0 Å². The highest BCUT2D eigenvalue weighted by Crippen LogP contribution is 2.23. The summed E-state index contributed by atoms with van der Waals surface area (Å²) >= 11 is 0. The maximum atomic E-state index is 12.9. The van der Waals surface area contributed by atoms with Crippen LogP contribution in [0.15, 0.2) is 36.5 Å². The van der Waals surface area contributed by atoms with E-state index in [1.807, 2.05) is 31.2 Å². The van der Waals surface area contributed by atoms with E-state index in [0.29, 0.717) is 12.1 Å². The van der Waals surface area contributed by atoms with Crippen LogP contribution in [0.25, 0.3) is 10.9 Å². The van der Waals surface area contributed by atoms with Gasteiger partial charge in [0.25, 0.3) is 6.43 Å². The van der Waals surface area contributed by atoms with E-state index in [-0.39, 0.29) is 0 Å². The predicted octanol–water partition coefficient (Wildman–Crippen LogP) is 3.15. The summed E-state index contributed by atoms with van der Waals surface area (Å²) < 4.78 is 25.8. The Labute approximate surface area is 98.7 Å². The van der Waals surface area contributed by atoms with Gasteiger partial charge in [0.2, 0.25) is 0 Å². The van der Waals surface area contributed by atoms with Crippen molar-refractivity contribution in [2.24, 2.45) is 0 Å². The van der Waals surface area contributed by atoms with Gasteiger partial charge in [-0.1, -0.05) is 25.1 Å². The zero-order chi connectivity index (χ0) is 12.3. The molecule has 0 fully saturated rings. The summed E-state index contributed by atoms with van der Waals surface area (Å²) in [5.41, 5.74) is 1.35. The molecule has 0 bridgehead atoms. The predicted molar refractivity (Wildman–Crippen MR) is 64.2 cm³/mol. The second kappa shape index (κ2) is 5.19. The molecule has 0 aliphatic heterocycles. The molecule has 1 unspecified atom stereocenters. The Kier molecular flexibility index (Phi) is 3.64. The monoisotopic (exact) mass is 236 g/mol. The number of hydrogen-bond donors (Lipinski definition) is 1. The molecule has 1 N–H and O–H groups in total. The van der Waals surface area contributed by atoms with Crippen molar-refractivity contribution in [2.75, 3.05) is 6.54 Å². The Morgan fingerprint density at radius 2 is 2.06 bits per heavy atom. The zero-order valence-electron chi connectivity index (χ0n) is 9.53. The third-order valence-corrected chi connectivity index (χ3v) is 2.65. The molecule has 0 radical (unpaired) electrons. The highest BCUT2D eigenvalue weighted by Gasteiger charge is 2.21. The van der Waals surface area contributed by atoms with Crippen LogP contribution in [-0.2, 0) is 0 Å². The van der Waals surface area contributed by atoms with Gasteiger partial charge in [-0.05, 0) is 24.2 Å². The van der Waals surface area contributed by atoms with Crippen molar-refractivity contribution in [2.45, 2.75) is 19.4 Å². The lowest BCUT2D eigenvalue weighted by Gasteiger charge is -2.17. The Hall–Kier alpha value is -1.55. The molecule has 0 aliphatic carbocycles. The van der Waals surface area contributed by atoms with Crippen LogP contribution in [0, 0.1) is 0 Å². The summed E-state index contributed by atoms with van der Waals surface area (Å²) in [6.07, 6.45) is -0.917. The van der Waals surface area contributed by atoms with Gasteiger partial charge in [-0.2, -0.15) is 0 Å². The summed E-state index contributed by atoms with van der Waals surface area (Å²) in [4.78, 5) is 4.19. The van der Waals surface area contributed by atoms with Crippen LogP contribution >= 0.6 is 0 Å². The molecular weight excluding hydrogens is 222 g/mol. The molecule has 2 nitrogen and oxygen atoms in total. The van der Waals surface area contributed by atoms with Gasteiger partial charge in [0.15, 0.2) is 0 Å². The molecule has 1 aromatic heterocycles. The van der Waals surface area contributed by atoms with Crippen molar-refractivity contribution in [1.29, 1.82) is 0 Å². The molecule has 1 aromatic carbocycles. The van der Waals surface area contributed by atoms with Gasteiger partial charge in [0.1, 0.15) is 0 Å². The number of aromatic nitrogens is 1. The lowest BCUT2D eigenvalue weighted by molar-refractivity contribution is 0.0992. The molecule has 0 spiro atoms. The van der Waals surface area contributed by atoms with Gasteiger partial charge in [0, 0.05) is 11.6 Å². The second-order valence-corrected chi connectivity index (χ2v) is 3.83. The molecule has 2 rings (SSSR count). The average Bonchev–Trinajstić information content (AvgIpc) is 2.35. The molecule has 90 valence electrons. The van der Waals surface area contributed by atoms with Gasteiger partial charge in [-0.25, -0.2) is 8.78 Å². The third-order valence-electron chi connectivity index (χ3n) is 2.65. The van der Waals surface area contributed by atoms with Crippen molar-refractivity contribution in [3.8, 4) is 0 Å². The van der Waals surface area contributed by atoms with Gasteiger partial charge in [-0.15, -0.1) is 0 Å². The molecule has 2 aromatic rings. The Bertz CT molecular complexity index is 499. The lowest BCUT2D eigenvalue weighted by atomic mass is 10.1. The van der Waals surface area contributed by atoms with Crippen LogP contribution in [0.1, 0.15) is 18.5 Å². The molecule has 0 aliphatic rings. The number of halogens is 2. The van der Waals surface area contributed by atoms with Crippen molar-refractivity contribution < 1.29 is 8.78 Å². The maximum Gasteiger partial charge on any atom is 0.257 e. The number of rotatable bonds is 4. The first kappa shape index (κ1) is 11.9. The Balaban J connectivity index is 2.40. The minimum Gasteiger partial charge on any atom is -0.305 e. The topological polar surface area (TPSA) is 24.9 Å². The van der Waals surface area contributed by atoms with Gasteiger partial charge in [-0.3, -0.25) is 4.98 Å². The number of alkyl halides is 2. The highest BCUT2D eigenvalue weighted by molar-refractivity contribution is 5.78. The van der Waals surface area contributed by atoms with E-state index < -0.39 is 12.5 Å². The fourth-order valence-electron chi connectivity index (χ4n) is 1.83. The molecule has 0 amide bonds. The molecule has 0 saturated heterocycles. The summed E-state index contributed by atoms with van der Waals surface area (Å²) in [5.74, 6) is 0. The molecule has 1 heterocycles. The Morgan fingerprint density at radius 3 is 2.76 bits per heavy atom. The number of hydrogen-bond acceptors (Lipinski definition) is 2. The minimum atomic E-state index is -2.43. The third kappa shape index (κ3) is 2.58. The Morgan fingerprint density at radius 1 is 1.29 bits per heavy atom. The van der Waals surface area contributed by atoms with E-state index in [0.717, 1.165) is 10.9 Å². The largest absolute Gasteiger partial charge is 0.305 e. The van der Waals surface area contributed by atoms with Crippen molar-refractivity contribution in [1.82, 2.24) is 10.3 Å². The molecule has 17 heavy (non-hydrogen) atoms. The standard InChI is InChI=1S/C13H14F2N2/c1-2-16-12(13(14)15)10-7-9-5-3-4-6-11(9)17-8-10/h3-8,12-13,16H,2H2,1H3. The van der Waals surface area contributed by atoms with Gasteiger partial charge in [0.05, 0.1) is 11.6 Å². The first-order chi connectivity index (χ1) is 8.22. The van der Waals surface area contributed by atoms with Gasteiger partial charge < -0.3 is 5.32 Å². The SMILES string of the molecule is CCNC(c1cnc2ccccc2c1)C(F)F. The van der Waals surface area contributed by atoms with E-state index in [9.17, 15) is 8.78 Å². The number of benzene rings is 1. The smallest absolute Gasteiger partial charge is 0.257 e. The quantitative estimate of drug-likeness (QED) is 0.882. The zero-order valence-corrected chi connectivity index (χ0v) is 9.53. The molecule has 1 atom stereocenters. The van der Waals surface area contributed by atoms with Crippen molar-refractivity contribution in [3.05, 3.63) is 42.1 Å². The van der Waals surface area contributed by atoms with Crippen LogP contribution in [0.4, 0.5) is 8.78 Å². The number of nitrogens with one attached hydrogen (secondary N) is 1. The van der Waals surface area contributed by atoms with Gasteiger partial charge >= 0.3 is 0 Å². The molecule has 0 saturated carbocycles. The summed E-state index contributed by atoms with van der Waals surface area (Å²) in [6.45, 7) is 2.31. The highest BCUT2D eigenvalue weighted by atomic mass is 19.3. The summed E-state index contributed by atoms with van der Waals surface area (Å²) in [6, 6.07) is 8.31. The normalized spacial score (nSPS) is 13.2. The fraction of sp³-hybridized carbons (Fsp3) is 0.308. The number of nitrogens with zero attached hydrogens (tertiary/aromatic N) is 1. The van der Waals surface area contributed by atoms with E-state index in [1.165, 1.54) is 6.20 Å². The second-order valence-electron chi connectivity index (χ2n) is 3.83. The van der Waals surface area contributed by atoms with E-state index in [1.54, 1.807) is 6.07 Å². The number of fused-ring (bicyclic) bond motifs is 1. The molecular formula is C13H14F2N2. The minimum absolute atomic E-state index is 0.502. The van der Waals surface area contributed by atoms with Crippen LogP contribution in [0.2, 0.25) is 0 Å². The molecule has 4 heteroatoms. The van der Waals surface area contributed by atoms with Crippen LogP contribution in [0.3, 0.4) is 0 Å².